The summed E-state index contributed by atoms with van der Waals surface area (Å²) in [6.45, 7) is 1.06. The second-order valence-electron chi connectivity index (χ2n) is 6.28. The first-order valence-corrected chi connectivity index (χ1v) is 11.0. The third-order valence-electron chi connectivity index (χ3n) is 4.25. The monoisotopic (exact) mass is 459 g/mol. The largest absolute Gasteiger partial charge is 0.490 e. The molecule has 5 nitrogen and oxygen atoms in total. The van der Waals surface area contributed by atoms with Crippen LogP contribution in [0.2, 0.25) is 0 Å². The van der Waals surface area contributed by atoms with E-state index in [9.17, 15) is 8.42 Å². The normalized spacial score (nSPS) is 15.8. The highest BCUT2D eigenvalue weighted by molar-refractivity contribution is 9.10. The predicted octanol–water partition coefficient (Wildman–Crippen LogP) is 4.75. The minimum absolute atomic E-state index is 0.0808. The Kier molecular flexibility index (Phi) is 5.39. The van der Waals surface area contributed by atoms with E-state index in [4.69, 9.17) is 9.47 Å². The van der Waals surface area contributed by atoms with Gasteiger partial charge >= 0.3 is 0 Å². The number of hydrogen-bond donors (Lipinski definition) is 0. The number of anilines is 2. The van der Waals surface area contributed by atoms with E-state index in [2.05, 4.69) is 15.9 Å². The standard InChI is InChI=1S/C21H18BrNO4S/c22-21-19(27-15-18-14-26-18)12-7-13-20(21)28(24,25)23(16-8-3-1-4-9-16)17-10-5-2-6-11-17/h1-13,18H,14-15H2. The summed E-state index contributed by atoms with van der Waals surface area (Å²) < 4.78 is 40.0. The summed E-state index contributed by atoms with van der Waals surface area (Å²) >= 11 is 3.43. The van der Waals surface area contributed by atoms with Crippen LogP contribution in [0.15, 0.2) is 88.2 Å². The molecule has 1 fully saturated rings. The molecule has 144 valence electrons. The molecule has 0 N–H and O–H groups in total. The number of para-hydroxylation sites is 2. The molecule has 0 spiro atoms. The third kappa shape index (κ3) is 3.92. The highest BCUT2D eigenvalue weighted by atomic mass is 79.9. The van der Waals surface area contributed by atoms with Crippen molar-refractivity contribution in [1.29, 1.82) is 0 Å². The van der Waals surface area contributed by atoms with E-state index in [0.29, 0.717) is 34.8 Å². The Morgan fingerprint density at radius 2 is 1.50 bits per heavy atom. The number of sulfonamides is 1. The molecule has 1 aliphatic rings. The van der Waals surface area contributed by atoms with Crippen LogP contribution in [0, 0.1) is 0 Å². The van der Waals surface area contributed by atoms with Crippen LogP contribution < -0.4 is 9.04 Å². The number of halogens is 1. The SMILES string of the molecule is O=S(=O)(c1cccc(OCC2CO2)c1Br)N(c1ccccc1)c1ccccc1. The Hall–Kier alpha value is -2.35. The molecule has 0 amide bonds. The lowest BCUT2D eigenvalue weighted by Crippen LogP contribution is -2.26. The number of rotatable bonds is 7. The van der Waals surface area contributed by atoms with Crippen molar-refractivity contribution >= 4 is 37.3 Å². The van der Waals surface area contributed by atoms with Gasteiger partial charge in [-0.15, -0.1) is 0 Å². The maximum atomic E-state index is 13.7. The van der Waals surface area contributed by atoms with Gasteiger partial charge in [-0.05, 0) is 52.3 Å². The molecule has 0 radical (unpaired) electrons. The smallest absolute Gasteiger partial charge is 0.269 e. The number of nitrogens with zero attached hydrogens (tertiary/aromatic N) is 1. The average molecular weight is 460 g/mol. The highest BCUT2D eigenvalue weighted by Gasteiger charge is 2.30. The lowest BCUT2D eigenvalue weighted by atomic mass is 10.3. The van der Waals surface area contributed by atoms with Gasteiger partial charge in [-0.1, -0.05) is 42.5 Å². The first kappa shape index (κ1) is 19.0. The maximum absolute atomic E-state index is 13.7. The van der Waals surface area contributed by atoms with Crippen molar-refractivity contribution in [2.24, 2.45) is 0 Å². The van der Waals surface area contributed by atoms with Crippen LogP contribution in [-0.4, -0.2) is 27.7 Å². The summed E-state index contributed by atoms with van der Waals surface area (Å²) in [5.74, 6) is 0.470. The zero-order valence-corrected chi connectivity index (χ0v) is 17.3. The Morgan fingerprint density at radius 3 is 2.04 bits per heavy atom. The molecule has 1 saturated heterocycles. The van der Waals surface area contributed by atoms with Crippen molar-refractivity contribution in [1.82, 2.24) is 0 Å². The van der Waals surface area contributed by atoms with Crippen LogP contribution in [0.5, 0.6) is 5.75 Å². The Labute approximate surface area is 172 Å². The number of epoxide rings is 1. The predicted molar refractivity (Wildman–Crippen MR) is 112 cm³/mol. The quantitative estimate of drug-likeness (QED) is 0.478. The van der Waals surface area contributed by atoms with Gasteiger partial charge < -0.3 is 9.47 Å². The van der Waals surface area contributed by atoms with Gasteiger partial charge in [0.05, 0.1) is 22.5 Å². The van der Waals surface area contributed by atoms with E-state index in [1.165, 1.54) is 4.31 Å². The van der Waals surface area contributed by atoms with E-state index in [1.54, 1.807) is 42.5 Å². The fourth-order valence-corrected chi connectivity index (χ4v) is 5.37. The summed E-state index contributed by atoms with van der Waals surface area (Å²) in [5.41, 5.74) is 1.11. The minimum Gasteiger partial charge on any atom is -0.490 e. The molecule has 0 aromatic heterocycles. The number of benzene rings is 3. The van der Waals surface area contributed by atoms with Crippen molar-refractivity contribution in [3.63, 3.8) is 0 Å². The fourth-order valence-electron chi connectivity index (χ4n) is 2.80. The summed E-state index contributed by atoms with van der Waals surface area (Å²) in [5, 5.41) is 0. The maximum Gasteiger partial charge on any atom is 0.269 e. The second kappa shape index (κ2) is 7.95. The van der Waals surface area contributed by atoms with Crippen LogP contribution in [-0.2, 0) is 14.8 Å². The molecule has 0 saturated carbocycles. The summed E-state index contributed by atoms with van der Waals surface area (Å²) in [7, 11) is -3.91. The van der Waals surface area contributed by atoms with Gasteiger partial charge in [0.1, 0.15) is 23.4 Å². The fraction of sp³-hybridized carbons (Fsp3) is 0.143. The van der Waals surface area contributed by atoms with Crippen molar-refractivity contribution in [3.8, 4) is 5.75 Å². The van der Waals surface area contributed by atoms with Crippen molar-refractivity contribution in [3.05, 3.63) is 83.3 Å². The second-order valence-corrected chi connectivity index (χ2v) is 8.82. The van der Waals surface area contributed by atoms with Crippen LogP contribution in [0.3, 0.4) is 0 Å². The van der Waals surface area contributed by atoms with Gasteiger partial charge in [0.2, 0.25) is 0 Å². The van der Waals surface area contributed by atoms with Crippen molar-refractivity contribution < 1.29 is 17.9 Å². The van der Waals surface area contributed by atoms with Crippen LogP contribution in [0.4, 0.5) is 11.4 Å². The van der Waals surface area contributed by atoms with E-state index in [-0.39, 0.29) is 11.0 Å². The van der Waals surface area contributed by atoms with Gasteiger partial charge in [-0.2, -0.15) is 0 Å². The summed E-state index contributed by atoms with van der Waals surface area (Å²) in [4.78, 5) is 0.134. The van der Waals surface area contributed by atoms with Crippen molar-refractivity contribution in [2.75, 3.05) is 17.5 Å². The molecule has 4 rings (SSSR count). The summed E-state index contributed by atoms with van der Waals surface area (Å²) in [6, 6.07) is 23.0. The Morgan fingerprint density at radius 1 is 0.929 bits per heavy atom. The molecule has 28 heavy (non-hydrogen) atoms. The van der Waals surface area contributed by atoms with Crippen LogP contribution >= 0.6 is 15.9 Å². The molecule has 3 aromatic carbocycles. The van der Waals surface area contributed by atoms with Crippen LogP contribution in [0.1, 0.15) is 0 Å². The Bertz CT molecular complexity index is 1010. The molecular weight excluding hydrogens is 442 g/mol. The molecule has 1 unspecified atom stereocenters. The van der Waals surface area contributed by atoms with E-state index in [0.717, 1.165) is 0 Å². The molecule has 7 heteroatoms. The van der Waals surface area contributed by atoms with Gasteiger partial charge in [-0.3, -0.25) is 0 Å². The number of ether oxygens (including phenoxy) is 2. The highest BCUT2D eigenvalue weighted by Crippen LogP contribution is 2.38. The first-order valence-electron chi connectivity index (χ1n) is 8.76. The van der Waals surface area contributed by atoms with Gasteiger partial charge in [-0.25, -0.2) is 12.7 Å². The molecule has 0 aliphatic carbocycles. The van der Waals surface area contributed by atoms with Gasteiger partial charge in [0.25, 0.3) is 10.0 Å². The van der Waals surface area contributed by atoms with E-state index >= 15 is 0 Å². The molecular formula is C21H18BrNO4S. The van der Waals surface area contributed by atoms with E-state index in [1.807, 2.05) is 36.4 Å². The topological polar surface area (TPSA) is 59.1 Å². The molecule has 1 heterocycles. The number of hydrogen-bond acceptors (Lipinski definition) is 4. The molecule has 0 bridgehead atoms. The molecule has 1 aliphatic heterocycles. The zero-order chi connectivity index (χ0) is 19.6. The average Bonchev–Trinajstić information content (AvgIpc) is 3.53. The first-order chi connectivity index (χ1) is 13.6. The zero-order valence-electron chi connectivity index (χ0n) is 14.9. The van der Waals surface area contributed by atoms with Gasteiger partial charge in [0.15, 0.2) is 0 Å². The third-order valence-corrected chi connectivity index (χ3v) is 7.13. The Balaban J connectivity index is 1.79. The van der Waals surface area contributed by atoms with E-state index < -0.39 is 10.0 Å². The molecule has 1 atom stereocenters. The van der Waals surface area contributed by atoms with Crippen molar-refractivity contribution in [2.45, 2.75) is 11.0 Å². The van der Waals surface area contributed by atoms with Gasteiger partial charge in [0, 0.05) is 0 Å². The lowest BCUT2D eigenvalue weighted by molar-refractivity contribution is 0.261. The minimum atomic E-state index is -3.91. The molecule has 3 aromatic rings. The van der Waals surface area contributed by atoms with Crippen LogP contribution in [0.25, 0.3) is 0 Å². The summed E-state index contributed by atoms with van der Waals surface area (Å²) in [6.07, 6.45) is 0.0808. The lowest BCUT2D eigenvalue weighted by Gasteiger charge is -2.25.